The average Bonchev–Trinajstić information content (AvgIpc) is 2.98. The molecule has 1 aromatic carbocycles. The van der Waals surface area contributed by atoms with Gasteiger partial charge in [-0.1, -0.05) is 12.1 Å². The van der Waals surface area contributed by atoms with E-state index in [1.807, 2.05) is 13.1 Å². The first-order valence-corrected chi connectivity index (χ1v) is 6.78. The lowest BCUT2D eigenvalue weighted by atomic mass is 10.1. The summed E-state index contributed by atoms with van der Waals surface area (Å²) in [6, 6.07) is 6.73. The van der Waals surface area contributed by atoms with Crippen LogP contribution in [0.25, 0.3) is 11.3 Å². The summed E-state index contributed by atoms with van der Waals surface area (Å²) >= 11 is 0. The molecular formula is C15H18FN3. The predicted molar refractivity (Wildman–Crippen MR) is 73.6 cm³/mol. The molecule has 1 aliphatic rings. The van der Waals surface area contributed by atoms with Crippen LogP contribution in [0.5, 0.6) is 0 Å². The van der Waals surface area contributed by atoms with Crippen LogP contribution >= 0.6 is 0 Å². The highest BCUT2D eigenvalue weighted by molar-refractivity contribution is 5.63. The van der Waals surface area contributed by atoms with Crippen molar-refractivity contribution in [1.82, 2.24) is 14.9 Å². The molecule has 0 spiro atoms. The van der Waals surface area contributed by atoms with E-state index in [1.165, 1.54) is 11.8 Å². The van der Waals surface area contributed by atoms with Crippen LogP contribution < -0.4 is 5.32 Å². The maximum atomic E-state index is 13.4. The summed E-state index contributed by atoms with van der Waals surface area (Å²) in [6.45, 7) is 1.95. The molecule has 0 unspecified atom stereocenters. The molecule has 0 saturated carbocycles. The molecule has 1 aliphatic heterocycles. The standard InChI is InChI=1S/C15H18FN3/c1-17-8-7-14-18-15(13-6-3-9-19(13)14)11-4-2-5-12(16)10-11/h2,4-5,10,17H,3,6-9H2,1H3. The average molecular weight is 259 g/mol. The summed E-state index contributed by atoms with van der Waals surface area (Å²) < 4.78 is 15.7. The monoisotopic (exact) mass is 259 g/mol. The van der Waals surface area contributed by atoms with Crippen LogP contribution in [0.4, 0.5) is 4.39 Å². The van der Waals surface area contributed by atoms with E-state index in [0.29, 0.717) is 0 Å². The Morgan fingerprint density at radius 1 is 1.42 bits per heavy atom. The molecular weight excluding hydrogens is 241 g/mol. The first-order chi connectivity index (χ1) is 9.29. The third-order valence-electron chi connectivity index (χ3n) is 3.64. The summed E-state index contributed by atoms with van der Waals surface area (Å²) in [5, 5.41) is 3.15. The lowest BCUT2D eigenvalue weighted by Gasteiger charge is -2.02. The Balaban J connectivity index is 2.02. The van der Waals surface area contributed by atoms with Crippen molar-refractivity contribution in [3.63, 3.8) is 0 Å². The number of benzene rings is 1. The number of nitrogens with zero attached hydrogens (tertiary/aromatic N) is 2. The van der Waals surface area contributed by atoms with Crippen LogP contribution in [0, 0.1) is 5.82 Å². The maximum absolute atomic E-state index is 13.4. The summed E-state index contributed by atoms with van der Waals surface area (Å²) in [6.07, 6.45) is 3.12. The van der Waals surface area contributed by atoms with Crippen LogP contribution in [-0.4, -0.2) is 23.1 Å². The fraction of sp³-hybridized carbons (Fsp3) is 0.400. The largest absolute Gasteiger partial charge is 0.331 e. The van der Waals surface area contributed by atoms with Gasteiger partial charge in [-0.15, -0.1) is 0 Å². The van der Waals surface area contributed by atoms with E-state index in [-0.39, 0.29) is 5.82 Å². The number of imidazole rings is 1. The van der Waals surface area contributed by atoms with Crippen molar-refractivity contribution in [3.05, 3.63) is 41.6 Å². The summed E-state index contributed by atoms with van der Waals surface area (Å²) in [5.41, 5.74) is 3.11. The highest BCUT2D eigenvalue weighted by Gasteiger charge is 2.21. The van der Waals surface area contributed by atoms with Crippen LogP contribution in [0.1, 0.15) is 17.9 Å². The number of nitrogens with one attached hydrogen (secondary N) is 1. The van der Waals surface area contributed by atoms with E-state index in [4.69, 9.17) is 4.98 Å². The van der Waals surface area contributed by atoms with Crippen molar-refractivity contribution >= 4 is 0 Å². The van der Waals surface area contributed by atoms with Gasteiger partial charge in [-0.2, -0.15) is 0 Å². The van der Waals surface area contributed by atoms with Crippen LogP contribution in [0.15, 0.2) is 24.3 Å². The number of rotatable bonds is 4. The Bertz CT molecular complexity index is 589. The second-order valence-corrected chi connectivity index (χ2v) is 4.94. The third-order valence-corrected chi connectivity index (χ3v) is 3.64. The van der Waals surface area contributed by atoms with Gasteiger partial charge in [-0.05, 0) is 32.0 Å². The minimum atomic E-state index is -0.200. The minimum Gasteiger partial charge on any atom is -0.331 e. The van der Waals surface area contributed by atoms with Crippen molar-refractivity contribution in [2.75, 3.05) is 13.6 Å². The topological polar surface area (TPSA) is 29.9 Å². The molecule has 0 fully saturated rings. The van der Waals surface area contributed by atoms with E-state index < -0.39 is 0 Å². The minimum absolute atomic E-state index is 0.200. The molecule has 0 atom stereocenters. The number of halogens is 1. The van der Waals surface area contributed by atoms with Crippen molar-refractivity contribution in [3.8, 4) is 11.3 Å². The van der Waals surface area contributed by atoms with E-state index in [1.54, 1.807) is 12.1 Å². The van der Waals surface area contributed by atoms with Crippen molar-refractivity contribution in [2.24, 2.45) is 0 Å². The van der Waals surface area contributed by atoms with Gasteiger partial charge in [0.15, 0.2) is 0 Å². The summed E-state index contributed by atoms with van der Waals surface area (Å²) in [5.74, 6) is 0.912. The lowest BCUT2D eigenvalue weighted by Crippen LogP contribution is -2.13. The van der Waals surface area contributed by atoms with Gasteiger partial charge in [0.05, 0.1) is 5.69 Å². The molecule has 0 bridgehead atoms. The molecule has 0 radical (unpaired) electrons. The zero-order chi connectivity index (χ0) is 13.2. The van der Waals surface area contributed by atoms with E-state index in [9.17, 15) is 4.39 Å². The third kappa shape index (κ3) is 2.28. The molecule has 2 heterocycles. The first-order valence-electron chi connectivity index (χ1n) is 6.78. The fourth-order valence-corrected chi connectivity index (χ4v) is 2.75. The highest BCUT2D eigenvalue weighted by Crippen LogP contribution is 2.29. The maximum Gasteiger partial charge on any atom is 0.123 e. The molecule has 19 heavy (non-hydrogen) atoms. The molecule has 4 heteroatoms. The zero-order valence-corrected chi connectivity index (χ0v) is 11.1. The number of hydrogen-bond donors (Lipinski definition) is 1. The van der Waals surface area contributed by atoms with Crippen molar-refractivity contribution < 1.29 is 4.39 Å². The van der Waals surface area contributed by atoms with Gasteiger partial charge in [0.2, 0.25) is 0 Å². The van der Waals surface area contributed by atoms with E-state index in [2.05, 4.69) is 9.88 Å². The van der Waals surface area contributed by atoms with Gasteiger partial charge in [0.25, 0.3) is 0 Å². The predicted octanol–water partition coefficient (Wildman–Crippen LogP) is 2.40. The number of fused-ring (bicyclic) bond motifs is 1. The Kier molecular flexibility index (Phi) is 3.34. The molecule has 2 aromatic rings. The summed E-state index contributed by atoms with van der Waals surface area (Å²) in [4.78, 5) is 4.74. The normalized spacial score (nSPS) is 13.8. The molecule has 0 amide bonds. The SMILES string of the molecule is CNCCc1nc(-c2cccc(F)c2)c2n1CCC2. The first kappa shape index (κ1) is 12.4. The van der Waals surface area contributed by atoms with Gasteiger partial charge < -0.3 is 9.88 Å². The molecule has 0 saturated heterocycles. The highest BCUT2D eigenvalue weighted by atomic mass is 19.1. The van der Waals surface area contributed by atoms with Gasteiger partial charge in [0, 0.05) is 30.8 Å². The zero-order valence-electron chi connectivity index (χ0n) is 11.1. The number of likely N-dealkylation sites (N-methyl/N-ethyl adjacent to an activating group) is 1. The Labute approximate surface area is 112 Å². The van der Waals surface area contributed by atoms with Gasteiger partial charge in [-0.3, -0.25) is 0 Å². The van der Waals surface area contributed by atoms with E-state index >= 15 is 0 Å². The Morgan fingerprint density at radius 3 is 3.11 bits per heavy atom. The molecule has 3 nitrogen and oxygen atoms in total. The molecule has 1 N–H and O–H groups in total. The lowest BCUT2D eigenvalue weighted by molar-refractivity contribution is 0.628. The number of hydrogen-bond acceptors (Lipinski definition) is 2. The quantitative estimate of drug-likeness (QED) is 0.913. The summed E-state index contributed by atoms with van der Waals surface area (Å²) in [7, 11) is 1.95. The van der Waals surface area contributed by atoms with Crippen LogP contribution in [-0.2, 0) is 19.4 Å². The van der Waals surface area contributed by atoms with Crippen molar-refractivity contribution in [2.45, 2.75) is 25.8 Å². The molecule has 0 aliphatic carbocycles. The van der Waals surface area contributed by atoms with E-state index in [0.717, 1.165) is 49.4 Å². The number of aromatic nitrogens is 2. The molecule has 3 rings (SSSR count). The Morgan fingerprint density at radius 2 is 2.32 bits per heavy atom. The van der Waals surface area contributed by atoms with Gasteiger partial charge >= 0.3 is 0 Å². The van der Waals surface area contributed by atoms with Gasteiger partial charge in [-0.25, -0.2) is 9.37 Å². The van der Waals surface area contributed by atoms with Crippen LogP contribution in [0.2, 0.25) is 0 Å². The fourth-order valence-electron chi connectivity index (χ4n) is 2.75. The van der Waals surface area contributed by atoms with Crippen LogP contribution in [0.3, 0.4) is 0 Å². The second-order valence-electron chi connectivity index (χ2n) is 4.94. The van der Waals surface area contributed by atoms with Crippen molar-refractivity contribution in [1.29, 1.82) is 0 Å². The second kappa shape index (κ2) is 5.13. The Hall–Kier alpha value is -1.68. The molecule has 1 aromatic heterocycles. The van der Waals surface area contributed by atoms with Gasteiger partial charge in [0.1, 0.15) is 11.6 Å². The molecule has 100 valence electrons. The smallest absolute Gasteiger partial charge is 0.123 e.